The number of hydrogen-bond donors (Lipinski definition) is 1. The number of carbonyl (C=O) groups is 1. The Morgan fingerprint density at radius 2 is 2.00 bits per heavy atom. The Balaban J connectivity index is 2.76. The molecule has 0 aliphatic carbocycles. The number of esters is 1. The third kappa shape index (κ3) is 6.49. The van der Waals surface area contributed by atoms with Gasteiger partial charge >= 0.3 is 5.97 Å². The van der Waals surface area contributed by atoms with Crippen molar-refractivity contribution < 1.29 is 19.0 Å². The van der Waals surface area contributed by atoms with E-state index in [1.165, 1.54) is 7.11 Å². The maximum atomic E-state index is 11.2. The molecule has 0 bridgehead atoms. The predicted molar refractivity (Wildman–Crippen MR) is 81.7 cm³/mol. The van der Waals surface area contributed by atoms with Crippen molar-refractivity contribution in [3.05, 3.63) is 23.8 Å². The summed E-state index contributed by atoms with van der Waals surface area (Å²) in [5.41, 5.74) is 0.996. The summed E-state index contributed by atoms with van der Waals surface area (Å²) in [6.45, 7) is 6.35. The second-order valence-electron chi connectivity index (χ2n) is 4.66. The summed E-state index contributed by atoms with van der Waals surface area (Å²) in [4.78, 5) is 11.2. The number of nitrogens with one attached hydrogen (secondary N) is 1. The summed E-state index contributed by atoms with van der Waals surface area (Å²) in [5, 5.41) is 3.32. The lowest BCUT2D eigenvalue weighted by Gasteiger charge is -2.13. The molecule has 21 heavy (non-hydrogen) atoms. The minimum absolute atomic E-state index is 0.103. The molecule has 0 aliphatic rings. The van der Waals surface area contributed by atoms with Crippen LogP contribution in [0.2, 0.25) is 0 Å². The van der Waals surface area contributed by atoms with Crippen LogP contribution in [0.3, 0.4) is 0 Å². The highest BCUT2D eigenvalue weighted by Gasteiger charge is 2.09. The van der Waals surface area contributed by atoms with Crippen LogP contribution in [0, 0.1) is 0 Å². The van der Waals surface area contributed by atoms with Crippen LogP contribution in [0.1, 0.15) is 32.3 Å². The van der Waals surface area contributed by atoms with Gasteiger partial charge in [0.2, 0.25) is 0 Å². The van der Waals surface area contributed by atoms with Gasteiger partial charge in [0.1, 0.15) is 11.5 Å². The van der Waals surface area contributed by atoms with Gasteiger partial charge in [-0.1, -0.05) is 19.9 Å². The molecule has 0 aliphatic heterocycles. The van der Waals surface area contributed by atoms with Gasteiger partial charge in [-0.25, -0.2) is 4.79 Å². The summed E-state index contributed by atoms with van der Waals surface area (Å²) in [7, 11) is 1.34. The van der Waals surface area contributed by atoms with Gasteiger partial charge in [-0.05, 0) is 25.5 Å². The van der Waals surface area contributed by atoms with Crippen molar-refractivity contribution >= 4 is 5.97 Å². The molecule has 1 aromatic carbocycles. The van der Waals surface area contributed by atoms with Gasteiger partial charge in [0.05, 0.1) is 13.7 Å². The van der Waals surface area contributed by atoms with Crippen LogP contribution in [-0.2, 0) is 16.1 Å². The minimum Gasteiger partial charge on any atom is -0.493 e. The Morgan fingerprint density at radius 1 is 1.19 bits per heavy atom. The monoisotopic (exact) mass is 295 g/mol. The molecule has 0 fully saturated rings. The molecular formula is C16H25NO4. The molecule has 0 heterocycles. The summed E-state index contributed by atoms with van der Waals surface area (Å²) in [5.74, 6) is 0.996. The highest BCUT2D eigenvalue weighted by molar-refractivity contribution is 5.71. The first-order valence-electron chi connectivity index (χ1n) is 7.37. The highest BCUT2D eigenvalue weighted by atomic mass is 16.6. The third-order valence-corrected chi connectivity index (χ3v) is 2.83. The molecule has 0 amide bonds. The van der Waals surface area contributed by atoms with E-state index < -0.39 is 5.97 Å². The molecule has 0 atom stereocenters. The van der Waals surface area contributed by atoms with Crippen LogP contribution >= 0.6 is 0 Å². The van der Waals surface area contributed by atoms with E-state index in [0.717, 1.165) is 30.7 Å². The second kappa shape index (κ2) is 10.0. The topological polar surface area (TPSA) is 56.8 Å². The van der Waals surface area contributed by atoms with Gasteiger partial charge in [-0.15, -0.1) is 0 Å². The summed E-state index contributed by atoms with van der Waals surface area (Å²) in [6.07, 6.45) is 2.01. The first kappa shape index (κ1) is 17.3. The first-order chi connectivity index (χ1) is 10.2. The lowest BCUT2D eigenvalue weighted by molar-refractivity contribution is -0.142. The fraction of sp³-hybridized carbons (Fsp3) is 0.562. The van der Waals surface area contributed by atoms with E-state index in [1.807, 2.05) is 18.2 Å². The van der Waals surface area contributed by atoms with Gasteiger partial charge in [-0.2, -0.15) is 0 Å². The van der Waals surface area contributed by atoms with Crippen LogP contribution in [0.25, 0.3) is 0 Å². The maximum Gasteiger partial charge on any atom is 0.343 e. The van der Waals surface area contributed by atoms with Crippen molar-refractivity contribution in [3.8, 4) is 11.5 Å². The molecule has 1 rings (SSSR count). The zero-order valence-electron chi connectivity index (χ0n) is 13.1. The highest BCUT2D eigenvalue weighted by Crippen LogP contribution is 2.25. The zero-order valence-corrected chi connectivity index (χ0v) is 13.1. The van der Waals surface area contributed by atoms with Crippen LogP contribution < -0.4 is 14.8 Å². The van der Waals surface area contributed by atoms with E-state index in [9.17, 15) is 4.79 Å². The van der Waals surface area contributed by atoms with Crippen LogP contribution in [-0.4, -0.2) is 32.8 Å². The van der Waals surface area contributed by atoms with Gasteiger partial charge in [-0.3, -0.25) is 0 Å². The standard InChI is InChI=1S/C16H25NO4/c1-4-8-17-11-13-6-7-14(20-9-5-2)10-15(13)21-12-16(18)19-3/h6-7,10,17H,4-5,8-9,11-12H2,1-3H3. The Labute approximate surface area is 126 Å². The average molecular weight is 295 g/mol. The second-order valence-corrected chi connectivity index (χ2v) is 4.66. The number of hydrogen-bond acceptors (Lipinski definition) is 5. The average Bonchev–Trinajstić information content (AvgIpc) is 2.52. The molecule has 0 aromatic heterocycles. The first-order valence-corrected chi connectivity index (χ1v) is 7.37. The normalized spacial score (nSPS) is 10.2. The van der Waals surface area contributed by atoms with Crippen molar-refractivity contribution in [3.63, 3.8) is 0 Å². The molecule has 1 N–H and O–H groups in total. The minimum atomic E-state index is -0.401. The van der Waals surface area contributed by atoms with E-state index in [2.05, 4.69) is 23.9 Å². The number of methoxy groups -OCH3 is 1. The van der Waals surface area contributed by atoms with E-state index >= 15 is 0 Å². The molecule has 0 spiro atoms. The lowest BCUT2D eigenvalue weighted by Crippen LogP contribution is -2.17. The molecule has 0 radical (unpaired) electrons. The van der Waals surface area contributed by atoms with E-state index in [1.54, 1.807) is 0 Å². The fourth-order valence-electron chi connectivity index (χ4n) is 1.72. The molecule has 5 heteroatoms. The Morgan fingerprint density at radius 3 is 2.67 bits per heavy atom. The van der Waals surface area contributed by atoms with Crippen LogP contribution in [0.15, 0.2) is 18.2 Å². The molecule has 1 aromatic rings. The predicted octanol–water partition coefficient (Wildman–Crippen LogP) is 2.53. The van der Waals surface area contributed by atoms with Gasteiger partial charge in [0.15, 0.2) is 6.61 Å². The Hall–Kier alpha value is -1.75. The van der Waals surface area contributed by atoms with E-state index in [0.29, 0.717) is 18.9 Å². The largest absolute Gasteiger partial charge is 0.493 e. The third-order valence-electron chi connectivity index (χ3n) is 2.83. The van der Waals surface area contributed by atoms with Crippen LogP contribution in [0.4, 0.5) is 0 Å². The SMILES string of the molecule is CCCNCc1ccc(OCCC)cc1OCC(=O)OC. The van der Waals surface area contributed by atoms with Gasteiger partial charge in [0.25, 0.3) is 0 Å². The van der Waals surface area contributed by atoms with Crippen molar-refractivity contribution in [2.75, 3.05) is 26.9 Å². The van der Waals surface area contributed by atoms with Gasteiger partial charge in [0, 0.05) is 18.2 Å². The smallest absolute Gasteiger partial charge is 0.343 e. The number of benzene rings is 1. The summed E-state index contributed by atoms with van der Waals surface area (Å²) >= 11 is 0. The Bertz CT molecular complexity index is 434. The number of rotatable bonds is 10. The molecule has 118 valence electrons. The van der Waals surface area contributed by atoms with Crippen molar-refractivity contribution in [1.82, 2.24) is 5.32 Å². The Kier molecular flexibility index (Phi) is 8.28. The fourth-order valence-corrected chi connectivity index (χ4v) is 1.72. The molecule has 0 unspecified atom stereocenters. The molecular weight excluding hydrogens is 270 g/mol. The summed E-state index contributed by atoms with van der Waals surface area (Å²) < 4.78 is 15.7. The van der Waals surface area contributed by atoms with Crippen LogP contribution in [0.5, 0.6) is 11.5 Å². The molecule has 0 saturated heterocycles. The zero-order chi connectivity index (χ0) is 15.5. The van der Waals surface area contributed by atoms with Crippen molar-refractivity contribution in [2.24, 2.45) is 0 Å². The molecule has 0 saturated carbocycles. The van der Waals surface area contributed by atoms with E-state index in [4.69, 9.17) is 9.47 Å². The number of ether oxygens (including phenoxy) is 3. The van der Waals surface area contributed by atoms with E-state index in [-0.39, 0.29) is 6.61 Å². The van der Waals surface area contributed by atoms with Crippen molar-refractivity contribution in [1.29, 1.82) is 0 Å². The lowest BCUT2D eigenvalue weighted by atomic mass is 10.2. The number of carbonyl (C=O) groups excluding carboxylic acids is 1. The molecule has 5 nitrogen and oxygen atoms in total. The van der Waals surface area contributed by atoms with Gasteiger partial charge < -0.3 is 19.5 Å². The van der Waals surface area contributed by atoms with Crippen molar-refractivity contribution in [2.45, 2.75) is 33.2 Å². The summed E-state index contributed by atoms with van der Waals surface area (Å²) in [6, 6.07) is 5.70. The quantitative estimate of drug-likeness (QED) is 0.531. The maximum absolute atomic E-state index is 11.2.